The fourth-order valence-corrected chi connectivity index (χ4v) is 2.50. The maximum atomic E-state index is 6.04. The number of pyridine rings is 1. The number of benzene rings is 2. The fraction of sp³-hybridized carbons (Fsp3) is 0. The molecule has 0 aliphatic rings. The molecule has 0 saturated heterocycles. The Balaban J connectivity index is 2.25. The maximum Gasteiger partial charge on any atom is 0.136 e. The van der Waals surface area contributed by atoms with Gasteiger partial charge in [-0.2, -0.15) is 0 Å². The van der Waals surface area contributed by atoms with Crippen molar-refractivity contribution in [3.63, 3.8) is 0 Å². The minimum absolute atomic E-state index is 0.719. The maximum absolute atomic E-state index is 6.04. The number of hydrogen-bond acceptors (Lipinski definition) is 2. The van der Waals surface area contributed by atoms with Gasteiger partial charge in [0.2, 0.25) is 0 Å². The first kappa shape index (κ1) is 9.92. The molecule has 0 amide bonds. The molecule has 4 rings (SSSR count). The van der Waals surface area contributed by atoms with E-state index in [-0.39, 0.29) is 0 Å². The van der Waals surface area contributed by atoms with Crippen LogP contribution in [-0.2, 0) is 0 Å². The zero-order valence-electron chi connectivity index (χ0n) is 9.35. The van der Waals surface area contributed by atoms with E-state index in [9.17, 15) is 0 Å². The molecule has 2 heterocycles. The van der Waals surface area contributed by atoms with E-state index in [0.717, 1.165) is 37.7 Å². The monoisotopic (exact) mass is 253 g/mol. The van der Waals surface area contributed by atoms with Gasteiger partial charge >= 0.3 is 0 Å². The number of aromatic nitrogens is 1. The highest BCUT2D eigenvalue weighted by molar-refractivity contribution is 6.31. The summed E-state index contributed by atoms with van der Waals surface area (Å²) in [6.07, 6.45) is 3.64. The molecule has 0 aliphatic carbocycles. The lowest BCUT2D eigenvalue weighted by Gasteiger charge is -1.96. The Morgan fingerprint density at radius 1 is 0.889 bits per heavy atom. The van der Waals surface area contributed by atoms with Crippen molar-refractivity contribution >= 4 is 44.3 Å². The average Bonchev–Trinajstić information content (AvgIpc) is 2.73. The van der Waals surface area contributed by atoms with Crippen molar-refractivity contribution in [1.29, 1.82) is 0 Å². The van der Waals surface area contributed by atoms with E-state index < -0.39 is 0 Å². The van der Waals surface area contributed by atoms with Crippen LogP contribution in [0.2, 0.25) is 5.02 Å². The fourth-order valence-electron chi connectivity index (χ4n) is 2.33. The summed E-state index contributed by atoms with van der Waals surface area (Å²) >= 11 is 6.04. The summed E-state index contributed by atoms with van der Waals surface area (Å²) in [6.45, 7) is 0. The third-order valence-electron chi connectivity index (χ3n) is 3.19. The lowest BCUT2D eigenvalue weighted by Crippen LogP contribution is -1.75. The van der Waals surface area contributed by atoms with Gasteiger partial charge in [-0.05, 0) is 41.8 Å². The summed E-state index contributed by atoms with van der Waals surface area (Å²) in [6, 6.07) is 11.8. The van der Waals surface area contributed by atoms with Crippen LogP contribution in [0.1, 0.15) is 0 Å². The van der Waals surface area contributed by atoms with Gasteiger partial charge in [-0.15, -0.1) is 0 Å². The Morgan fingerprint density at radius 2 is 1.78 bits per heavy atom. The number of nitrogens with zero attached hydrogens (tertiary/aromatic N) is 1. The summed E-state index contributed by atoms with van der Waals surface area (Å²) in [7, 11) is 0. The van der Waals surface area contributed by atoms with Crippen molar-refractivity contribution in [1.82, 2.24) is 4.98 Å². The second-order valence-corrected chi connectivity index (χ2v) is 4.75. The van der Waals surface area contributed by atoms with Gasteiger partial charge in [0.25, 0.3) is 0 Å². The van der Waals surface area contributed by atoms with Crippen LogP contribution in [0.5, 0.6) is 0 Å². The molecule has 3 heteroatoms. The molecule has 0 bridgehead atoms. The third-order valence-corrected chi connectivity index (χ3v) is 3.43. The van der Waals surface area contributed by atoms with Gasteiger partial charge in [0.15, 0.2) is 0 Å². The highest BCUT2D eigenvalue weighted by Gasteiger charge is 2.08. The van der Waals surface area contributed by atoms with E-state index in [0.29, 0.717) is 0 Å². The second-order valence-electron chi connectivity index (χ2n) is 4.31. The van der Waals surface area contributed by atoms with Gasteiger partial charge in [-0.3, -0.25) is 4.98 Å². The largest absolute Gasteiger partial charge is 0.456 e. The number of rotatable bonds is 0. The van der Waals surface area contributed by atoms with Crippen LogP contribution < -0.4 is 0 Å². The van der Waals surface area contributed by atoms with Gasteiger partial charge < -0.3 is 4.42 Å². The number of fused-ring (bicyclic) bond motifs is 4. The first-order valence-electron chi connectivity index (χ1n) is 5.67. The molecule has 86 valence electrons. The van der Waals surface area contributed by atoms with Crippen LogP contribution in [0.15, 0.2) is 53.2 Å². The van der Waals surface area contributed by atoms with Crippen LogP contribution >= 0.6 is 11.6 Å². The van der Waals surface area contributed by atoms with Gasteiger partial charge in [0.05, 0.1) is 0 Å². The lowest BCUT2D eigenvalue weighted by molar-refractivity contribution is 0.669. The van der Waals surface area contributed by atoms with Crippen LogP contribution in [-0.4, -0.2) is 4.98 Å². The molecular formula is C15H8ClNO. The van der Waals surface area contributed by atoms with Crippen molar-refractivity contribution in [2.75, 3.05) is 0 Å². The van der Waals surface area contributed by atoms with E-state index in [1.807, 2.05) is 36.5 Å². The van der Waals surface area contributed by atoms with Crippen LogP contribution in [0.4, 0.5) is 0 Å². The molecule has 0 radical (unpaired) electrons. The Labute approximate surface area is 108 Å². The molecular weight excluding hydrogens is 246 g/mol. The minimum Gasteiger partial charge on any atom is -0.456 e. The molecule has 0 unspecified atom stereocenters. The van der Waals surface area contributed by atoms with Crippen molar-refractivity contribution in [3.05, 3.63) is 53.8 Å². The Hall–Kier alpha value is -2.06. The topological polar surface area (TPSA) is 26.0 Å². The zero-order valence-corrected chi connectivity index (χ0v) is 10.1. The van der Waals surface area contributed by atoms with Gasteiger partial charge in [-0.1, -0.05) is 11.6 Å². The van der Waals surface area contributed by atoms with Crippen molar-refractivity contribution < 1.29 is 4.42 Å². The van der Waals surface area contributed by atoms with Gasteiger partial charge in [0.1, 0.15) is 11.2 Å². The molecule has 4 aromatic rings. The highest BCUT2D eigenvalue weighted by atomic mass is 35.5. The molecule has 0 fully saturated rings. The standard InChI is InChI=1S/C15H8ClNO/c16-11-1-2-14-13(7-11)12-5-10-8-17-4-3-9(10)6-15(12)18-14/h1-8H. The minimum atomic E-state index is 0.719. The normalized spacial score (nSPS) is 11.6. The van der Waals surface area contributed by atoms with Crippen molar-refractivity contribution in [2.24, 2.45) is 0 Å². The summed E-state index contributed by atoms with van der Waals surface area (Å²) in [4.78, 5) is 4.15. The Bertz CT molecular complexity index is 895. The van der Waals surface area contributed by atoms with E-state index in [1.54, 1.807) is 6.20 Å². The lowest BCUT2D eigenvalue weighted by atomic mass is 10.1. The van der Waals surface area contributed by atoms with Crippen LogP contribution in [0.3, 0.4) is 0 Å². The van der Waals surface area contributed by atoms with E-state index in [4.69, 9.17) is 16.0 Å². The number of halogens is 1. The van der Waals surface area contributed by atoms with Gasteiger partial charge in [-0.25, -0.2) is 0 Å². The second kappa shape index (κ2) is 3.47. The van der Waals surface area contributed by atoms with E-state index in [2.05, 4.69) is 11.1 Å². The number of furan rings is 1. The predicted octanol–water partition coefficient (Wildman–Crippen LogP) is 4.79. The van der Waals surface area contributed by atoms with Crippen LogP contribution in [0.25, 0.3) is 32.7 Å². The summed E-state index contributed by atoms with van der Waals surface area (Å²) in [5.74, 6) is 0. The molecule has 2 aromatic heterocycles. The predicted molar refractivity (Wildman–Crippen MR) is 74.0 cm³/mol. The van der Waals surface area contributed by atoms with E-state index >= 15 is 0 Å². The Kier molecular flexibility index (Phi) is 1.91. The average molecular weight is 254 g/mol. The molecule has 18 heavy (non-hydrogen) atoms. The third kappa shape index (κ3) is 1.33. The van der Waals surface area contributed by atoms with Crippen molar-refractivity contribution in [2.45, 2.75) is 0 Å². The van der Waals surface area contributed by atoms with Crippen molar-refractivity contribution in [3.8, 4) is 0 Å². The van der Waals surface area contributed by atoms with E-state index in [1.165, 1.54) is 0 Å². The van der Waals surface area contributed by atoms with Crippen LogP contribution in [0, 0.1) is 0 Å². The molecule has 0 spiro atoms. The summed E-state index contributed by atoms with van der Waals surface area (Å²) in [5, 5.41) is 5.07. The number of hydrogen-bond donors (Lipinski definition) is 0. The zero-order chi connectivity index (χ0) is 12.1. The quantitative estimate of drug-likeness (QED) is 0.450. The molecule has 0 aliphatic heterocycles. The first-order chi connectivity index (χ1) is 8.81. The molecule has 0 N–H and O–H groups in total. The molecule has 0 atom stereocenters. The summed E-state index contributed by atoms with van der Waals surface area (Å²) < 4.78 is 5.84. The van der Waals surface area contributed by atoms with Gasteiger partial charge in [0, 0.05) is 33.6 Å². The smallest absolute Gasteiger partial charge is 0.136 e. The highest BCUT2D eigenvalue weighted by Crippen LogP contribution is 2.33. The molecule has 0 saturated carbocycles. The summed E-state index contributed by atoms with van der Waals surface area (Å²) in [5.41, 5.74) is 1.74. The Morgan fingerprint density at radius 3 is 2.72 bits per heavy atom. The SMILES string of the molecule is Clc1ccc2oc3cc4ccncc4cc3c2c1. The molecule has 2 nitrogen and oxygen atoms in total. The molecule has 2 aromatic carbocycles. The first-order valence-corrected chi connectivity index (χ1v) is 6.05.